The molecule has 0 amide bonds. The van der Waals surface area contributed by atoms with Crippen LogP contribution in [0.1, 0.15) is 38.3 Å². The third kappa shape index (κ3) is 3.32. The fourth-order valence-electron chi connectivity index (χ4n) is 2.18. The van der Waals surface area contributed by atoms with Gasteiger partial charge < -0.3 is 4.98 Å². The van der Waals surface area contributed by atoms with Crippen LogP contribution in [-0.4, -0.2) is 21.5 Å². The van der Waals surface area contributed by atoms with Crippen molar-refractivity contribution in [1.82, 2.24) is 9.97 Å². The van der Waals surface area contributed by atoms with Crippen LogP contribution in [0.5, 0.6) is 0 Å². The second-order valence-corrected chi connectivity index (χ2v) is 6.37. The molecule has 100 valence electrons. The van der Waals surface area contributed by atoms with Crippen molar-refractivity contribution >= 4 is 24.4 Å². The van der Waals surface area contributed by atoms with Gasteiger partial charge in [-0.25, -0.2) is 4.98 Å². The van der Waals surface area contributed by atoms with Gasteiger partial charge in [0.2, 0.25) is 0 Å². The molecule has 3 nitrogen and oxygen atoms in total. The van der Waals surface area contributed by atoms with Gasteiger partial charge in [-0.2, -0.15) is 12.6 Å². The smallest absolute Gasteiger partial charge is 0.251 e. The molecule has 1 aliphatic rings. The van der Waals surface area contributed by atoms with Crippen LogP contribution in [0, 0.1) is 5.41 Å². The quantitative estimate of drug-likeness (QED) is 0.480. The Kier molecular flexibility index (Phi) is 4.78. The normalized spacial score (nSPS) is 17.4. The van der Waals surface area contributed by atoms with Gasteiger partial charge in [0.25, 0.3) is 5.56 Å². The highest BCUT2D eigenvalue weighted by atomic mass is 32.2. The van der Waals surface area contributed by atoms with E-state index in [1.54, 1.807) is 17.8 Å². The van der Waals surface area contributed by atoms with Crippen LogP contribution in [0.2, 0.25) is 0 Å². The SMILES string of the molecule is CCCc1cc(=O)[nH]c(SCC2(CS)CCC2)n1. The summed E-state index contributed by atoms with van der Waals surface area (Å²) < 4.78 is 0. The van der Waals surface area contributed by atoms with Gasteiger partial charge in [-0.1, -0.05) is 31.5 Å². The molecule has 1 heterocycles. The number of thiol groups is 1. The Bertz CT molecular complexity index is 449. The molecule has 0 radical (unpaired) electrons. The van der Waals surface area contributed by atoms with E-state index < -0.39 is 0 Å². The molecule has 18 heavy (non-hydrogen) atoms. The Balaban J connectivity index is 2.02. The van der Waals surface area contributed by atoms with E-state index >= 15 is 0 Å². The number of aryl methyl sites for hydroxylation is 1. The Morgan fingerprint density at radius 3 is 2.89 bits per heavy atom. The summed E-state index contributed by atoms with van der Waals surface area (Å²) in [5.74, 6) is 1.94. The Morgan fingerprint density at radius 1 is 1.56 bits per heavy atom. The molecule has 0 spiro atoms. The van der Waals surface area contributed by atoms with Gasteiger partial charge in [-0.3, -0.25) is 4.79 Å². The van der Waals surface area contributed by atoms with Crippen LogP contribution in [0.4, 0.5) is 0 Å². The molecule has 5 heteroatoms. The lowest BCUT2D eigenvalue weighted by Gasteiger charge is -2.40. The maximum atomic E-state index is 11.5. The maximum absolute atomic E-state index is 11.5. The lowest BCUT2D eigenvalue weighted by molar-refractivity contribution is 0.205. The van der Waals surface area contributed by atoms with Gasteiger partial charge in [-0.05, 0) is 30.4 Å². The van der Waals surface area contributed by atoms with Crippen LogP contribution < -0.4 is 5.56 Å². The first-order valence-electron chi connectivity index (χ1n) is 6.51. The van der Waals surface area contributed by atoms with Crippen molar-refractivity contribution in [3.05, 3.63) is 22.1 Å². The van der Waals surface area contributed by atoms with Crippen LogP contribution in [0.15, 0.2) is 16.0 Å². The van der Waals surface area contributed by atoms with E-state index in [1.165, 1.54) is 19.3 Å². The van der Waals surface area contributed by atoms with Crippen molar-refractivity contribution in [2.24, 2.45) is 5.41 Å². The zero-order chi connectivity index (χ0) is 13.0. The highest BCUT2D eigenvalue weighted by Crippen LogP contribution is 2.44. The zero-order valence-corrected chi connectivity index (χ0v) is 12.4. The monoisotopic (exact) mass is 284 g/mol. The molecule has 1 aromatic rings. The number of hydrogen-bond donors (Lipinski definition) is 2. The molecule has 0 unspecified atom stereocenters. The van der Waals surface area contributed by atoms with Crippen LogP contribution in [-0.2, 0) is 6.42 Å². The van der Waals surface area contributed by atoms with E-state index in [-0.39, 0.29) is 5.56 Å². The van der Waals surface area contributed by atoms with E-state index in [9.17, 15) is 4.79 Å². The van der Waals surface area contributed by atoms with Crippen molar-refractivity contribution in [2.45, 2.75) is 44.2 Å². The minimum Gasteiger partial charge on any atom is -0.301 e. The van der Waals surface area contributed by atoms with Crippen LogP contribution in [0.3, 0.4) is 0 Å². The first-order chi connectivity index (χ1) is 8.67. The van der Waals surface area contributed by atoms with E-state index in [1.807, 2.05) is 0 Å². The summed E-state index contributed by atoms with van der Waals surface area (Å²) in [6.07, 6.45) is 5.70. The van der Waals surface area contributed by atoms with Gasteiger partial charge in [0, 0.05) is 17.5 Å². The van der Waals surface area contributed by atoms with Gasteiger partial charge in [0.05, 0.1) is 0 Å². The molecular formula is C13H20N2OS2. The number of nitrogens with zero attached hydrogens (tertiary/aromatic N) is 1. The van der Waals surface area contributed by atoms with E-state index in [0.29, 0.717) is 5.41 Å². The number of hydrogen-bond acceptors (Lipinski definition) is 4. The molecule has 1 saturated carbocycles. The molecule has 1 fully saturated rings. The van der Waals surface area contributed by atoms with Crippen molar-refractivity contribution < 1.29 is 0 Å². The molecule has 0 atom stereocenters. The molecule has 0 saturated heterocycles. The Labute approximate surface area is 118 Å². The van der Waals surface area contributed by atoms with E-state index in [0.717, 1.165) is 35.2 Å². The van der Waals surface area contributed by atoms with Crippen LogP contribution in [0.25, 0.3) is 0 Å². The molecule has 1 N–H and O–H groups in total. The predicted molar refractivity (Wildman–Crippen MR) is 79.7 cm³/mol. The number of nitrogens with one attached hydrogen (secondary N) is 1. The summed E-state index contributed by atoms with van der Waals surface area (Å²) >= 11 is 6.11. The number of thioether (sulfide) groups is 1. The summed E-state index contributed by atoms with van der Waals surface area (Å²) in [5, 5.41) is 0.763. The van der Waals surface area contributed by atoms with Crippen LogP contribution >= 0.6 is 24.4 Å². The average molecular weight is 284 g/mol. The fourth-order valence-corrected chi connectivity index (χ4v) is 3.95. The van der Waals surface area contributed by atoms with Crippen molar-refractivity contribution in [2.75, 3.05) is 11.5 Å². The number of rotatable bonds is 6. The Morgan fingerprint density at radius 2 is 2.33 bits per heavy atom. The second-order valence-electron chi connectivity index (χ2n) is 5.09. The van der Waals surface area contributed by atoms with Gasteiger partial charge in [0.1, 0.15) is 0 Å². The predicted octanol–water partition coefficient (Wildman–Crippen LogP) is 2.91. The first-order valence-corrected chi connectivity index (χ1v) is 8.13. The standard InChI is InChI=1S/C13H20N2OS2/c1-2-4-10-7-11(16)15-12(14-10)18-9-13(8-17)5-3-6-13/h7,17H,2-6,8-9H2,1H3,(H,14,15,16). The minimum atomic E-state index is -0.0375. The number of aromatic amines is 1. The largest absolute Gasteiger partial charge is 0.301 e. The molecule has 1 aromatic heterocycles. The Hall–Kier alpha value is -0.420. The molecule has 0 aliphatic heterocycles. The minimum absolute atomic E-state index is 0.0375. The van der Waals surface area contributed by atoms with Gasteiger partial charge >= 0.3 is 0 Å². The highest BCUT2D eigenvalue weighted by molar-refractivity contribution is 7.99. The second kappa shape index (κ2) is 6.15. The summed E-state index contributed by atoms with van der Waals surface area (Å²) in [6, 6.07) is 1.60. The molecular weight excluding hydrogens is 264 g/mol. The third-order valence-electron chi connectivity index (χ3n) is 3.54. The third-order valence-corrected chi connectivity index (χ3v) is 5.44. The van der Waals surface area contributed by atoms with E-state index in [4.69, 9.17) is 0 Å². The van der Waals surface area contributed by atoms with Gasteiger partial charge in [0.15, 0.2) is 5.16 Å². The molecule has 0 aromatic carbocycles. The fraction of sp³-hybridized carbons (Fsp3) is 0.692. The van der Waals surface area contributed by atoms with Crippen molar-refractivity contribution in [3.8, 4) is 0 Å². The lowest BCUT2D eigenvalue weighted by Crippen LogP contribution is -2.34. The number of aromatic nitrogens is 2. The highest BCUT2D eigenvalue weighted by Gasteiger charge is 2.35. The average Bonchev–Trinajstić information content (AvgIpc) is 2.28. The topological polar surface area (TPSA) is 45.8 Å². The maximum Gasteiger partial charge on any atom is 0.251 e. The zero-order valence-electron chi connectivity index (χ0n) is 10.7. The first kappa shape index (κ1) is 14.0. The van der Waals surface area contributed by atoms with Crippen molar-refractivity contribution in [1.29, 1.82) is 0 Å². The summed E-state index contributed by atoms with van der Waals surface area (Å²) in [6.45, 7) is 2.10. The van der Waals surface area contributed by atoms with Crippen molar-refractivity contribution in [3.63, 3.8) is 0 Å². The molecule has 1 aliphatic carbocycles. The number of H-pyrrole nitrogens is 1. The summed E-state index contributed by atoms with van der Waals surface area (Å²) in [5.41, 5.74) is 1.23. The van der Waals surface area contributed by atoms with Gasteiger partial charge in [-0.15, -0.1) is 0 Å². The summed E-state index contributed by atoms with van der Waals surface area (Å²) in [7, 11) is 0. The summed E-state index contributed by atoms with van der Waals surface area (Å²) in [4.78, 5) is 18.9. The molecule has 0 bridgehead atoms. The molecule has 2 rings (SSSR count). The van der Waals surface area contributed by atoms with E-state index in [2.05, 4.69) is 29.5 Å². The lowest BCUT2D eigenvalue weighted by atomic mass is 9.72.